The van der Waals surface area contributed by atoms with Gasteiger partial charge in [0.25, 0.3) is 0 Å². The summed E-state index contributed by atoms with van der Waals surface area (Å²) < 4.78 is 0. The highest BCUT2D eigenvalue weighted by Crippen LogP contribution is 1.94. The van der Waals surface area contributed by atoms with Crippen LogP contribution in [-0.4, -0.2) is 23.2 Å². The average molecular weight is 160 g/mol. The van der Waals surface area contributed by atoms with Gasteiger partial charge < -0.3 is 10.4 Å². The van der Waals surface area contributed by atoms with Crippen molar-refractivity contribution in [2.24, 2.45) is 5.92 Å². The fraction of sp³-hybridized carbons (Fsp3) is 0.667. The van der Waals surface area contributed by atoms with E-state index in [2.05, 4.69) is 0 Å². The first-order valence-electron chi connectivity index (χ1n) is 3.14. The molecule has 1 amide bonds. The fourth-order valence-electron chi connectivity index (χ4n) is 0.438. The molecule has 5 nitrogen and oxygen atoms in total. The van der Waals surface area contributed by atoms with Crippen molar-refractivity contribution >= 4 is 11.9 Å². The topological polar surface area (TPSA) is 86.3 Å². The van der Waals surface area contributed by atoms with Gasteiger partial charge in [-0.3, -0.25) is 4.79 Å². The Balaban J connectivity index is 3.93. The van der Waals surface area contributed by atoms with Crippen LogP contribution in [0.15, 0.2) is 0 Å². The predicted octanol–water partition coefficient (Wildman–Crippen LogP) is -0.966. The minimum atomic E-state index is -1.46. The summed E-state index contributed by atoms with van der Waals surface area (Å²) in [5.74, 6) is -3.44. The van der Waals surface area contributed by atoms with Gasteiger partial charge in [0.15, 0.2) is 0 Å². The summed E-state index contributed by atoms with van der Waals surface area (Å²) in [4.78, 5) is 20.8. The summed E-state index contributed by atoms with van der Waals surface area (Å²) >= 11 is 0. The van der Waals surface area contributed by atoms with Crippen LogP contribution in [0.1, 0.15) is 13.8 Å². The second-order valence-corrected chi connectivity index (χ2v) is 2.23. The van der Waals surface area contributed by atoms with Crippen molar-refractivity contribution in [2.75, 3.05) is 0 Å². The molecule has 0 aliphatic rings. The zero-order valence-electron chi connectivity index (χ0n) is 6.33. The number of aliphatic hydroxyl groups is 1. The second kappa shape index (κ2) is 3.92. The first-order chi connectivity index (χ1) is 4.95. The molecule has 0 aliphatic heterocycles. The van der Waals surface area contributed by atoms with Crippen LogP contribution in [0.3, 0.4) is 0 Å². The Labute approximate surface area is 64.0 Å². The average Bonchev–Trinajstić information content (AvgIpc) is 1.84. The van der Waals surface area contributed by atoms with E-state index < -0.39 is 24.0 Å². The third-order valence-corrected chi connectivity index (χ3v) is 1.10. The Hall–Kier alpha value is -1.10. The lowest BCUT2D eigenvalue weighted by atomic mass is 10.2. The molecule has 63 valence electrons. The molecule has 0 heterocycles. The van der Waals surface area contributed by atoms with Crippen molar-refractivity contribution in [2.45, 2.75) is 20.1 Å². The molecule has 0 fully saturated rings. The second-order valence-electron chi connectivity index (χ2n) is 2.23. The number of carbonyl (C=O) groups is 2. The van der Waals surface area contributed by atoms with Gasteiger partial charge in [-0.05, 0) is 13.8 Å². The molecule has 2 atom stereocenters. The third-order valence-electron chi connectivity index (χ3n) is 1.10. The molecule has 0 saturated heterocycles. The van der Waals surface area contributed by atoms with Crippen LogP contribution in [0.4, 0.5) is 0 Å². The quantitative estimate of drug-likeness (QED) is 0.411. The molecule has 1 radical (unpaired) electrons. The molecule has 5 heteroatoms. The van der Waals surface area contributed by atoms with E-state index in [0.29, 0.717) is 0 Å². The molecule has 0 aliphatic carbocycles. The van der Waals surface area contributed by atoms with Crippen molar-refractivity contribution in [3.05, 3.63) is 0 Å². The predicted molar refractivity (Wildman–Crippen MR) is 34.7 cm³/mol. The number of carbonyl (C=O) groups excluding carboxylic acids is 2. The molecular weight excluding hydrogens is 150 g/mol. The van der Waals surface area contributed by atoms with Gasteiger partial charge in [0.2, 0.25) is 5.91 Å². The van der Waals surface area contributed by atoms with Gasteiger partial charge in [-0.1, -0.05) is 0 Å². The van der Waals surface area contributed by atoms with Crippen LogP contribution in [0.25, 0.3) is 0 Å². The van der Waals surface area contributed by atoms with Crippen LogP contribution in [0.2, 0.25) is 0 Å². The van der Waals surface area contributed by atoms with Gasteiger partial charge >= 0.3 is 5.97 Å². The molecule has 11 heavy (non-hydrogen) atoms. The van der Waals surface area contributed by atoms with E-state index >= 15 is 0 Å². The molecule has 0 bridgehead atoms. The maximum absolute atomic E-state index is 10.7. The van der Waals surface area contributed by atoms with E-state index in [1.165, 1.54) is 13.8 Å². The highest BCUT2D eigenvalue weighted by atomic mass is 16.4. The lowest BCUT2D eigenvalue weighted by Crippen LogP contribution is -2.38. The molecule has 0 aromatic heterocycles. The van der Waals surface area contributed by atoms with Gasteiger partial charge in [-0.2, -0.15) is 0 Å². The summed E-state index contributed by atoms with van der Waals surface area (Å²) in [6, 6.07) is 0. The first-order valence-corrected chi connectivity index (χ1v) is 3.14. The molecule has 2 unspecified atom stereocenters. The van der Waals surface area contributed by atoms with Gasteiger partial charge in [0.1, 0.15) is 12.1 Å². The lowest BCUT2D eigenvalue weighted by molar-refractivity contribution is -0.151. The highest BCUT2D eigenvalue weighted by molar-refractivity contribution is 5.96. The Bertz CT molecular complexity index is 166. The first kappa shape index (κ1) is 9.90. The smallest absolute Gasteiger partial charge is 0.367 e. The van der Waals surface area contributed by atoms with Gasteiger partial charge in [0, 0.05) is 0 Å². The maximum atomic E-state index is 10.7. The van der Waals surface area contributed by atoms with E-state index in [1.54, 1.807) is 0 Å². The van der Waals surface area contributed by atoms with E-state index in [0.717, 1.165) is 0 Å². The van der Waals surface area contributed by atoms with E-state index in [4.69, 9.17) is 5.11 Å². The van der Waals surface area contributed by atoms with Crippen molar-refractivity contribution in [3.63, 3.8) is 0 Å². The van der Waals surface area contributed by atoms with Crippen LogP contribution < -0.4 is 5.32 Å². The number of hydrogen-bond acceptors (Lipinski definition) is 3. The van der Waals surface area contributed by atoms with Crippen LogP contribution in [0, 0.1) is 5.92 Å². The zero-order chi connectivity index (χ0) is 9.02. The summed E-state index contributed by atoms with van der Waals surface area (Å²) in [7, 11) is 0. The van der Waals surface area contributed by atoms with Crippen LogP contribution in [-0.2, 0) is 14.7 Å². The van der Waals surface area contributed by atoms with Crippen LogP contribution in [0.5, 0.6) is 0 Å². The summed E-state index contributed by atoms with van der Waals surface area (Å²) in [5, 5.41) is 20.7. The van der Waals surface area contributed by atoms with Gasteiger partial charge in [-0.15, -0.1) is 0 Å². The van der Waals surface area contributed by atoms with Crippen LogP contribution >= 0.6 is 0 Å². The molecular formula is C6H10NO4. The van der Waals surface area contributed by atoms with Crippen molar-refractivity contribution in [3.8, 4) is 0 Å². The normalized spacial score (nSPS) is 15.2. The molecule has 0 spiro atoms. The SMILES string of the molecule is CC(O)NC(=O)C(C)C([O])=O. The Kier molecular flexibility index (Phi) is 3.53. The maximum Gasteiger partial charge on any atom is 0.367 e. The lowest BCUT2D eigenvalue weighted by Gasteiger charge is -2.08. The van der Waals surface area contributed by atoms with Gasteiger partial charge in [-0.25, -0.2) is 9.90 Å². The van der Waals surface area contributed by atoms with Gasteiger partial charge in [0.05, 0.1) is 0 Å². The monoisotopic (exact) mass is 160 g/mol. The van der Waals surface area contributed by atoms with Crippen molar-refractivity contribution in [1.82, 2.24) is 5.32 Å². The summed E-state index contributed by atoms with van der Waals surface area (Å²) in [6.45, 7) is 2.51. The Morgan fingerprint density at radius 1 is 1.36 bits per heavy atom. The number of hydrogen-bond donors (Lipinski definition) is 2. The third kappa shape index (κ3) is 3.57. The molecule has 0 aromatic carbocycles. The largest absolute Gasteiger partial charge is 0.374 e. The summed E-state index contributed by atoms with van der Waals surface area (Å²) in [6.07, 6.45) is -1.04. The summed E-state index contributed by atoms with van der Waals surface area (Å²) in [5.41, 5.74) is 0. The minimum Gasteiger partial charge on any atom is -0.374 e. The minimum absolute atomic E-state index is 0.750. The molecule has 0 rings (SSSR count). The number of aliphatic hydroxyl groups excluding tert-OH is 1. The number of amides is 1. The Morgan fingerprint density at radius 3 is 2.09 bits per heavy atom. The van der Waals surface area contributed by atoms with Crippen molar-refractivity contribution < 1.29 is 19.8 Å². The number of rotatable bonds is 3. The standard InChI is InChI=1S/C6H10NO4/c1-3(6(10)11)5(9)7-4(2)8/h3-4,8H,1-2H3,(H,7,9). The molecule has 0 aromatic rings. The van der Waals surface area contributed by atoms with E-state index in [1.807, 2.05) is 5.32 Å². The number of nitrogens with one attached hydrogen (secondary N) is 1. The highest BCUT2D eigenvalue weighted by Gasteiger charge is 2.22. The zero-order valence-corrected chi connectivity index (χ0v) is 6.33. The van der Waals surface area contributed by atoms with E-state index in [-0.39, 0.29) is 0 Å². The van der Waals surface area contributed by atoms with Crippen molar-refractivity contribution in [1.29, 1.82) is 0 Å². The Morgan fingerprint density at radius 2 is 1.82 bits per heavy atom. The van der Waals surface area contributed by atoms with E-state index in [9.17, 15) is 14.7 Å². The molecule has 0 saturated carbocycles. The molecule has 2 N–H and O–H groups in total. The fourth-order valence-corrected chi connectivity index (χ4v) is 0.438.